The molecule has 0 aromatic carbocycles. The largest absolute Gasteiger partial charge is 0.368 e. The van der Waals surface area contributed by atoms with Crippen LogP contribution in [0.5, 0.6) is 0 Å². The Bertz CT molecular complexity index is 380. The number of nitrogens with one attached hydrogen (secondary N) is 1. The molecule has 1 unspecified atom stereocenters. The molecule has 0 radical (unpaired) electrons. The van der Waals surface area contributed by atoms with E-state index in [-0.39, 0.29) is 5.95 Å². The van der Waals surface area contributed by atoms with Gasteiger partial charge < -0.3 is 16.1 Å². The molecule has 0 saturated carbocycles. The predicted octanol–water partition coefficient (Wildman–Crippen LogP) is 1.11. The van der Waals surface area contributed by atoms with E-state index in [4.69, 9.17) is 11.6 Å². The monoisotopic (exact) mass is 236 g/mol. The third-order valence-corrected chi connectivity index (χ3v) is 3.27. The molecule has 1 aromatic heterocycles. The van der Waals surface area contributed by atoms with Crippen molar-refractivity contribution in [2.75, 3.05) is 22.6 Å². The van der Waals surface area contributed by atoms with Crippen molar-refractivity contribution < 1.29 is 0 Å². The highest BCUT2D eigenvalue weighted by molar-refractivity contribution is 5.52. The maximum absolute atomic E-state index is 5.68. The Balaban J connectivity index is 2.27. The molecular formula is C11H20N6. The van der Waals surface area contributed by atoms with Crippen molar-refractivity contribution in [2.24, 2.45) is 5.84 Å². The lowest BCUT2D eigenvalue weighted by molar-refractivity contribution is 0.447. The Kier molecular flexibility index (Phi) is 3.63. The number of nitrogens with zero attached hydrogens (tertiary/aromatic N) is 3. The predicted molar refractivity (Wildman–Crippen MR) is 69.5 cm³/mol. The van der Waals surface area contributed by atoms with Gasteiger partial charge in [-0.25, -0.2) is 5.84 Å². The molecule has 94 valence electrons. The van der Waals surface area contributed by atoms with Gasteiger partial charge in [0.2, 0.25) is 5.95 Å². The Labute approximate surface area is 101 Å². The highest BCUT2D eigenvalue weighted by Gasteiger charge is 2.22. The SMILES string of the molecule is CCC1CCCCN1c1cc(NN)nc(N)n1. The summed E-state index contributed by atoms with van der Waals surface area (Å²) in [4.78, 5) is 10.6. The Morgan fingerprint density at radius 2 is 2.29 bits per heavy atom. The number of piperidine rings is 1. The van der Waals surface area contributed by atoms with Crippen LogP contribution in [0.1, 0.15) is 32.6 Å². The average molecular weight is 236 g/mol. The van der Waals surface area contributed by atoms with Gasteiger partial charge in [-0.3, -0.25) is 0 Å². The number of nitrogen functional groups attached to an aromatic ring is 2. The lowest BCUT2D eigenvalue weighted by Crippen LogP contribution is -2.39. The van der Waals surface area contributed by atoms with E-state index in [1.807, 2.05) is 6.07 Å². The highest BCUT2D eigenvalue weighted by atomic mass is 15.3. The average Bonchev–Trinajstić information content (AvgIpc) is 2.37. The number of aromatic nitrogens is 2. The third kappa shape index (κ3) is 2.58. The molecule has 2 heterocycles. The molecule has 17 heavy (non-hydrogen) atoms. The lowest BCUT2D eigenvalue weighted by atomic mass is 10.0. The maximum atomic E-state index is 5.68. The van der Waals surface area contributed by atoms with Crippen LogP contribution in [0.25, 0.3) is 0 Å². The van der Waals surface area contributed by atoms with Crippen molar-refractivity contribution in [1.29, 1.82) is 0 Å². The van der Waals surface area contributed by atoms with Gasteiger partial charge in [-0.1, -0.05) is 6.92 Å². The third-order valence-electron chi connectivity index (χ3n) is 3.27. The van der Waals surface area contributed by atoms with E-state index < -0.39 is 0 Å². The second kappa shape index (κ2) is 5.18. The Morgan fingerprint density at radius 1 is 1.47 bits per heavy atom. The summed E-state index contributed by atoms with van der Waals surface area (Å²) in [6.45, 7) is 3.23. The van der Waals surface area contributed by atoms with E-state index in [0.29, 0.717) is 11.9 Å². The zero-order chi connectivity index (χ0) is 12.3. The summed E-state index contributed by atoms with van der Waals surface area (Å²) < 4.78 is 0. The summed E-state index contributed by atoms with van der Waals surface area (Å²) in [6.07, 6.45) is 4.82. The normalized spacial score (nSPS) is 20.4. The first kappa shape index (κ1) is 11.9. The Morgan fingerprint density at radius 3 is 3.00 bits per heavy atom. The minimum Gasteiger partial charge on any atom is -0.368 e. The molecule has 1 fully saturated rings. The van der Waals surface area contributed by atoms with Crippen LogP contribution in [-0.2, 0) is 0 Å². The lowest BCUT2D eigenvalue weighted by Gasteiger charge is -2.36. The minimum atomic E-state index is 0.260. The number of hydrogen-bond donors (Lipinski definition) is 3. The fraction of sp³-hybridized carbons (Fsp3) is 0.636. The van der Waals surface area contributed by atoms with Crippen molar-refractivity contribution in [2.45, 2.75) is 38.6 Å². The van der Waals surface area contributed by atoms with Crippen LogP contribution in [-0.4, -0.2) is 22.6 Å². The standard InChI is InChI=1S/C11H20N6/c1-2-8-5-3-4-6-17(8)10-7-9(16-13)14-11(12)15-10/h7-8H,2-6,13H2,1H3,(H3,12,14,15,16). The van der Waals surface area contributed by atoms with Crippen LogP contribution in [0.4, 0.5) is 17.6 Å². The summed E-state index contributed by atoms with van der Waals surface area (Å²) >= 11 is 0. The second-order valence-electron chi connectivity index (χ2n) is 4.37. The fourth-order valence-corrected chi connectivity index (χ4v) is 2.40. The van der Waals surface area contributed by atoms with Gasteiger partial charge in [-0.15, -0.1) is 0 Å². The molecule has 1 aliphatic heterocycles. The molecule has 1 aromatic rings. The molecule has 6 heteroatoms. The number of nitrogens with two attached hydrogens (primary N) is 2. The summed E-state index contributed by atoms with van der Waals surface area (Å²) in [5.41, 5.74) is 8.21. The molecule has 5 N–H and O–H groups in total. The quantitative estimate of drug-likeness (QED) is 0.538. The van der Waals surface area contributed by atoms with Crippen LogP contribution >= 0.6 is 0 Å². The molecule has 0 spiro atoms. The molecule has 0 amide bonds. The van der Waals surface area contributed by atoms with E-state index in [1.54, 1.807) is 0 Å². The van der Waals surface area contributed by atoms with Crippen LogP contribution in [0.15, 0.2) is 6.07 Å². The summed E-state index contributed by atoms with van der Waals surface area (Å²) in [7, 11) is 0. The van der Waals surface area contributed by atoms with E-state index in [0.717, 1.165) is 18.8 Å². The van der Waals surface area contributed by atoms with E-state index in [1.165, 1.54) is 19.3 Å². The van der Waals surface area contributed by atoms with Gasteiger partial charge in [-0.2, -0.15) is 9.97 Å². The van der Waals surface area contributed by atoms with E-state index in [2.05, 4.69) is 27.2 Å². The van der Waals surface area contributed by atoms with Gasteiger partial charge in [-0.05, 0) is 25.7 Å². The van der Waals surface area contributed by atoms with Gasteiger partial charge in [0, 0.05) is 18.7 Å². The van der Waals surface area contributed by atoms with Gasteiger partial charge in [0.1, 0.15) is 11.6 Å². The molecule has 1 saturated heterocycles. The van der Waals surface area contributed by atoms with Crippen molar-refractivity contribution in [3.63, 3.8) is 0 Å². The smallest absolute Gasteiger partial charge is 0.223 e. The van der Waals surface area contributed by atoms with Crippen molar-refractivity contribution in [3.8, 4) is 0 Å². The topological polar surface area (TPSA) is 93.1 Å². The summed E-state index contributed by atoms with van der Waals surface area (Å²) in [5.74, 6) is 7.07. The second-order valence-corrected chi connectivity index (χ2v) is 4.37. The van der Waals surface area contributed by atoms with E-state index >= 15 is 0 Å². The highest BCUT2D eigenvalue weighted by Crippen LogP contribution is 2.26. The zero-order valence-corrected chi connectivity index (χ0v) is 10.2. The first-order valence-corrected chi connectivity index (χ1v) is 6.12. The van der Waals surface area contributed by atoms with Gasteiger partial charge in [0.05, 0.1) is 0 Å². The molecule has 1 atom stereocenters. The van der Waals surface area contributed by atoms with Crippen molar-refractivity contribution in [1.82, 2.24) is 9.97 Å². The first-order chi connectivity index (χ1) is 8.24. The van der Waals surface area contributed by atoms with E-state index in [9.17, 15) is 0 Å². The first-order valence-electron chi connectivity index (χ1n) is 6.12. The maximum Gasteiger partial charge on any atom is 0.223 e. The molecule has 6 nitrogen and oxygen atoms in total. The summed E-state index contributed by atoms with van der Waals surface area (Å²) in [6, 6.07) is 2.40. The molecular weight excluding hydrogens is 216 g/mol. The number of hydrogen-bond acceptors (Lipinski definition) is 6. The Hall–Kier alpha value is -1.56. The van der Waals surface area contributed by atoms with Gasteiger partial charge in [0.15, 0.2) is 0 Å². The van der Waals surface area contributed by atoms with Crippen molar-refractivity contribution in [3.05, 3.63) is 6.07 Å². The van der Waals surface area contributed by atoms with Crippen LogP contribution in [0.2, 0.25) is 0 Å². The molecule has 1 aliphatic rings. The molecule has 2 rings (SSSR count). The van der Waals surface area contributed by atoms with Crippen LogP contribution in [0.3, 0.4) is 0 Å². The number of anilines is 3. The number of rotatable bonds is 3. The summed E-state index contributed by atoms with van der Waals surface area (Å²) in [5, 5.41) is 0. The number of hydrazine groups is 1. The van der Waals surface area contributed by atoms with Gasteiger partial charge >= 0.3 is 0 Å². The molecule has 0 aliphatic carbocycles. The minimum absolute atomic E-state index is 0.260. The molecule has 0 bridgehead atoms. The van der Waals surface area contributed by atoms with Crippen LogP contribution in [0, 0.1) is 0 Å². The van der Waals surface area contributed by atoms with Crippen molar-refractivity contribution >= 4 is 17.6 Å². The van der Waals surface area contributed by atoms with Crippen LogP contribution < -0.4 is 21.9 Å². The van der Waals surface area contributed by atoms with Gasteiger partial charge in [0.25, 0.3) is 0 Å². The fourth-order valence-electron chi connectivity index (χ4n) is 2.40. The zero-order valence-electron chi connectivity index (χ0n) is 10.2.